The van der Waals surface area contributed by atoms with Gasteiger partial charge in [-0.05, 0) is 38.6 Å². The van der Waals surface area contributed by atoms with Crippen molar-refractivity contribution in [3.05, 3.63) is 0 Å². The minimum atomic E-state index is -0.603. The quantitative estimate of drug-likeness (QED) is 0.326. The van der Waals surface area contributed by atoms with Crippen molar-refractivity contribution >= 4 is 0 Å². The summed E-state index contributed by atoms with van der Waals surface area (Å²) in [5.74, 6) is 0. The highest BCUT2D eigenvalue weighted by molar-refractivity contribution is 4.58. The maximum atomic E-state index is 9.43. The third-order valence-electron chi connectivity index (χ3n) is 2.15. The predicted octanol–water partition coefficient (Wildman–Crippen LogP) is 0.532. The molecule has 2 atom stereocenters. The van der Waals surface area contributed by atoms with E-state index in [9.17, 15) is 10.2 Å². The lowest BCUT2D eigenvalue weighted by Gasteiger charge is -2.17. The Morgan fingerprint density at radius 2 is 1.64 bits per heavy atom. The Balaban J connectivity index is 3.35. The molecule has 0 rings (SSSR count). The maximum absolute atomic E-state index is 9.43. The predicted molar refractivity (Wildman–Crippen MR) is 57.6 cm³/mol. The third-order valence-corrected chi connectivity index (χ3v) is 2.15. The van der Waals surface area contributed by atoms with Crippen LogP contribution in [0.4, 0.5) is 0 Å². The van der Waals surface area contributed by atoms with Crippen LogP contribution in [0.25, 0.3) is 0 Å². The molecule has 0 saturated carbocycles. The van der Waals surface area contributed by atoms with Crippen LogP contribution in [0.3, 0.4) is 0 Å². The van der Waals surface area contributed by atoms with Gasteiger partial charge in [-0.25, -0.2) is 0 Å². The molecule has 0 heterocycles. The Labute approximate surface area is 86.5 Å². The van der Waals surface area contributed by atoms with E-state index in [4.69, 9.17) is 5.73 Å². The van der Waals surface area contributed by atoms with Crippen molar-refractivity contribution in [1.29, 1.82) is 0 Å². The lowest BCUT2D eigenvalue weighted by molar-refractivity contribution is 0.0314. The molecule has 5 N–H and O–H groups in total. The zero-order valence-corrected chi connectivity index (χ0v) is 9.08. The number of unbranched alkanes of at least 4 members (excludes halogenated alkanes) is 2. The van der Waals surface area contributed by atoms with Crippen molar-refractivity contribution in [2.45, 2.75) is 57.9 Å². The largest absolute Gasteiger partial charge is 0.379 e. The molecule has 2 unspecified atom stereocenters. The molecule has 0 fully saturated rings. The molecule has 0 radical (unpaired) electrons. The van der Waals surface area contributed by atoms with E-state index in [2.05, 4.69) is 12.2 Å². The van der Waals surface area contributed by atoms with Gasteiger partial charge in [-0.3, -0.25) is 5.32 Å². The molecule has 0 aromatic rings. The lowest BCUT2D eigenvalue weighted by atomic mass is 10.2. The molecule has 0 aliphatic heterocycles. The Kier molecular flexibility index (Phi) is 9.29. The summed E-state index contributed by atoms with van der Waals surface area (Å²) in [7, 11) is 0. The topological polar surface area (TPSA) is 78.5 Å². The minimum Gasteiger partial charge on any atom is -0.379 e. The van der Waals surface area contributed by atoms with Gasteiger partial charge in [0.25, 0.3) is 0 Å². The summed E-state index contributed by atoms with van der Waals surface area (Å²) in [5, 5.41) is 21.6. The van der Waals surface area contributed by atoms with Crippen molar-refractivity contribution in [2.24, 2.45) is 5.73 Å². The van der Waals surface area contributed by atoms with Crippen LogP contribution in [-0.4, -0.2) is 29.2 Å². The van der Waals surface area contributed by atoms with Crippen molar-refractivity contribution in [3.63, 3.8) is 0 Å². The number of hydrogen-bond donors (Lipinski definition) is 4. The van der Waals surface area contributed by atoms with Crippen molar-refractivity contribution in [3.8, 4) is 0 Å². The normalized spacial score (nSPS) is 15.4. The van der Waals surface area contributed by atoms with E-state index >= 15 is 0 Å². The number of nitrogens with one attached hydrogen (secondary N) is 1. The molecule has 0 aliphatic carbocycles. The zero-order chi connectivity index (χ0) is 10.8. The standard InChI is InChI=1S/C10H24N2O2/c1-2-3-6-9(13)12-10(14)7-4-5-8-11/h9-10,12-14H,2-8,11H2,1H3. The van der Waals surface area contributed by atoms with E-state index < -0.39 is 12.5 Å². The van der Waals surface area contributed by atoms with Gasteiger partial charge in [-0.15, -0.1) is 0 Å². The highest BCUT2D eigenvalue weighted by atomic mass is 16.3. The van der Waals surface area contributed by atoms with Crippen LogP contribution < -0.4 is 11.1 Å². The lowest BCUT2D eigenvalue weighted by Crippen LogP contribution is -2.38. The van der Waals surface area contributed by atoms with Gasteiger partial charge in [0.1, 0.15) is 12.5 Å². The fraction of sp³-hybridized carbons (Fsp3) is 1.00. The number of nitrogens with two attached hydrogens (primary N) is 1. The van der Waals surface area contributed by atoms with Gasteiger partial charge in [-0.1, -0.05) is 13.3 Å². The number of aliphatic hydroxyl groups is 2. The van der Waals surface area contributed by atoms with E-state index in [0.29, 0.717) is 19.4 Å². The van der Waals surface area contributed by atoms with Crippen LogP contribution in [-0.2, 0) is 0 Å². The molecule has 4 heteroatoms. The summed E-state index contributed by atoms with van der Waals surface area (Å²) in [5.41, 5.74) is 5.33. The monoisotopic (exact) mass is 204 g/mol. The first-order valence-corrected chi connectivity index (χ1v) is 5.53. The molecule has 86 valence electrons. The number of hydrogen-bond acceptors (Lipinski definition) is 4. The molecule has 0 saturated heterocycles. The second kappa shape index (κ2) is 9.40. The van der Waals surface area contributed by atoms with E-state index in [0.717, 1.165) is 25.7 Å². The average Bonchev–Trinajstić information content (AvgIpc) is 2.15. The molecular formula is C10H24N2O2. The summed E-state index contributed by atoms with van der Waals surface area (Å²) in [6.45, 7) is 2.73. The molecule has 0 aliphatic rings. The Hall–Kier alpha value is -0.160. The summed E-state index contributed by atoms with van der Waals surface area (Å²) < 4.78 is 0. The summed E-state index contributed by atoms with van der Waals surface area (Å²) in [6.07, 6.45) is 4.02. The average molecular weight is 204 g/mol. The molecule has 0 bridgehead atoms. The van der Waals surface area contributed by atoms with Crippen LogP contribution in [0.5, 0.6) is 0 Å². The van der Waals surface area contributed by atoms with E-state index in [-0.39, 0.29) is 0 Å². The van der Waals surface area contributed by atoms with Crippen molar-refractivity contribution < 1.29 is 10.2 Å². The van der Waals surface area contributed by atoms with Gasteiger partial charge < -0.3 is 15.9 Å². The fourth-order valence-electron chi connectivity index (χ4n) is 1.27. The summed E-state index contributed by atoms with van der Waals surface area (Å²) >= 11 is 0. The minimum absolute atomic E-state index is 0.581. The number of aliphatic hydroxyl groups excluding tert-OH is 2. The van der Waals surface area contributed by atoms with Crippen LogP contribution in [0.2, 0.25) is 0 Å². The van der Waals surface area contributed by atoms with E-state index in [1.165, 1.54) is 0 Å². The molecule has 0 spiro atoms. The zero-order valence-electron chi connectivity index (χ0n) is 9.08. The highest BCUT2D eigenvalue weighted by Gasteiger charge is 2.08. The molecule has 0 amide bonds. The third kappa shape index (κ3) is 8.44. The molecular weight excluding hydrogens is 180 g/mol. The van der Waals surface area contributed by atoms with Crippen molar-refractivity contribution in [1.82, 2.24) is 5.32 Å². The van der Waals surface area contributed by atoms with Crippen LogP contribution in [0.1, 0.15) is 45.4 Å². The summed E-state index contributed by atoms with van der Waals surface area (Å²) in [4.78, 5) is 0. The highest BCUT2D eigenvalue weighted by Crippen LogP contribution is 2.02. The molecule has 4 nitrogen and oxygen atoms in total. The maximum Gasteiger partial charge on any atom is 0.106 e. The van der Waals surface area contributed by atoms with Gasteiger partial charge in [-0.2, -0.15) is 0 Å². The molecule has 0 aromatic heterocycles. The van der Waals surface area contributed by atoms with Crippen molar-refractivity contribution in [2.75, 3.05) is 6.54 Å². The first kappa shape index (κ1) is 13.8. The number of rotatable bonds is 9. The second-order valence-electron chi connectivity index (χ2n) is 3.62. The first-order chi connectivity index (χ1) is 6.70. The van der Waals surface area contributed by atoms with E-state index in [1.807, 2.05) is 0 Å². The first-order valence-electron chi connectivity index (χ1n) is 5.53. The van der Waals surface area contributed by atoms with Crippen LogP contribution in [0.15, 0.2) is 0 Å². The Morgan fingerprint density at radius 1 is 1.07 bits per heavy atom. The Morgan fingerprint density at radius 3 is 2.14 bits per heavy atom. The van der Waals surface area contributed by atoms with Crippen LogP contribution in [0, 0.1) is 0 Å². The smallest absolute Gasteiger partial charge is 0.106 e. The van der Waals surface area contributed by atoms with Gasteiger partial charge in [0.05, 0.1) is 0 Å². The SMILES string of the molecule is CCCCC(O)NC(O)CCCCN. The van der Waals surface area contributed by atoms with Gasteiger partial charge >= 0.3 is 0 Å². The molecule has 0 aromatic carbocycles. The fourth-order valence-corrected chi connectivity index (χ4v) is 1.27. The Bertz CT molecular complexity index is 123. The molecule has 14 heavy (non-hydrogen) atoms. The van der Waals surface area contributed by atoms with Gasteiger partial charge in [0.15, 0.2) is 0 Å². The van der Waals surface area contributed by atoms with Gasteiger partial charge in [0, 0.05) is 0 Å². The van der Waals surface area contributed by atoms with Gasteiger partial charge in [0.2, 0.25) is 0 Å². The van der Waals surface area contributed by atoms with Crippen LogP contribution >= 0.6 is 0 Å². The summed E-state index contributed by atoms with van der Waals surface area (Å²) in [6, 6.07) is 0. The van der Waals surface area contributed by atoms with E-state index in [1.54, 1.807) is 0 Å². The second-order valence-corrected chi connectivity index (χ2v) is 3.62.